The Hall–Kier alpha value is -2.08. The summed E-state index contributed by atoms with van der Waals surface area (Å²) in [5.74, 6) is -0.865. The third kappa shape index (κ3) is 6.27. The van der Waals surface area contributed by atoms with Crippen LogP contribution in [0.5, 0.6) is 0 Å². The molecule has 0 radical (unpaired) electrons. The molecular formula is C15H22N2O4. The Morgan fingerprint density at radius 3 is 2.57 bits per heavy atom. The zero-order chi connectivity index (χ0) is 15.7. The first-order valence-electron chi connectivity index (χ1n) is 6.88. The molecule has 116 valence electrons. The third-order valence-electron chi connectivity index (χ3n) is 2.87. The minimum Gasteiger partial charge on any atom is -0.481 e. The molecule has 0 spiro atoms. The van der Waals surface area contributed by atoms with Gasteiger partial charge in [0.25, 0.3) is 0 Å². The highest BCUT2D eigenvalue weighted by molar-refractivity contribution is 5.92. The van der Waals surface area contributed by atoms with Crippen LogP contribution < -0.4 is 10.2 Å². The van der Waals surface area contributed by atoms with Crippen molar-refractivity contribution in [3.8, 4) is 0 Å². The van der Waals surface area contributed by atoms with Crippen molar-refractivity contribution >= 4 is 17.7 Å². The summed E-state index contributed by atoms with van der Waals surface area (Å²) < 4.78 is 4.99. The van der Waals surface area contributed by atoms with Crippen LogP contribution in [0.1, 0.15) is 19.8 Å². The number of amides is 2. The monoisotopic (exact) mass is 294 g/mol. The SMILES string of the molecule is COCC(C)NC(=O)N(CCCC(=O)O)c1ccccc1. The number of carbonyl (C=O) groups excluding carboxylic acids is 1. The Labute approximate surface area is 124 Å². The van der Waals surface area contributed by atoms with E-state index in [2.05, 4.69) is 5.32 Å². The second kappa shape index (κ2) is 8.97. The summed E-state index contributed by atoms with van der Waals surface area (Å²) in [5.41, 5.74) is 0.741. The van der Waals surface area contributed by atoms with Gasteiger partial charge in [-0.25, -0.2) is 4.79 Å². The fourth-order valence-corrected chi connectivity index (χ4v) is 1.92. The summed E-state index contributed by atoms with van der Waals surface area (Å²) in [5, 5.41) is 11.5. The maximum Gasteiger partial charge on any atom is 0.322 e. The van der Waals surface area contributed by atoms with Crippen molar-refractivity contribution in [3.05, 3.63) is 30.3 Å². The van der Waals surface area contributed by atoms with Gasteiger partial charge in [-0.2, -0.15) is 0 Å². The lowest BCUT2D eigenvalue weighted by Crippen LogP contribution is -2.46. The fraction of sp³-hybridized carbons (Fsp3) is 0.467. The van der Waals surface area contributed by atoms with Crippen LogP contribution in [0.25, 0.3) is 0 Å². The van der Waals surface area contributed by atoms with Crippen LogP contribution in [0.3, 0.4) is 0 Å². The molecule has 0 aromatic heterocycles. The Bertz CT molecular complexity index is 450. The van der Waals surface area contributed by atoms with E-state index in [1.807, 2.05) is 37.3 Å². The summed E-state index contributed by atoms with van der Waals surface area (Å²) in [6, 6.07) is 8.81. The van der Waals surface area contributed by atoms with Gasteiger partial charge in [0.15, 0.2) is 0 Å². The van der Waals surface area contributed by atoms with E-state index in [-0.39, 0.29) is 18.5 Å². The first-order valence-corrected chi connectivity index (χ1v) is 6.88. The molecule has 6 nitrogen and oxygen atoms in total. The van der Waals surface area contributed by atoms with E-state index in [1.54, 1.807) is 12.0 Å². The molecule has 1 aromatic rings. The molecule has 0 aliphatic heterocycles. The normalized spacial score (nSPS) is 11.7. The van der Waals surface area contributed by atoms with Crippen molar-refractivity contribution < 1.29 is 19.4 Å². The molecule has 1 atom stereocenters. The maximum atomic E-state index is 12.3. The Balaban J connectivity index is 2.71. The highest BCUT2D eigenvalue weighted by Gasteiger charge is 2.17. The van der Waals surface area contributed by atoms with Gasteiger partial charge in [-0.05, 0) is 25.5 Å². The first-order chi connectivity index (χ1) is 10.0. The summed E-state index contributed by atoms with van der Waals surface area (Å²) in [6.07, 6.45) is 0.431. The summed E-state index contributed by atoms with van der Waals surface area (Å²) in [4.78, 5) is 24.5. The number of rotatable bonds is 8. The van der Waals surface area contributed by atoms with Gasteiger partial charge < -0.3 is 15.2 Å². The number of hydrogen-bond donors (Lipinski definition) is 2. The standard InChI is InChI=1S/C15H22N2O4/c1-12(11-21-2)16-15(20)17(10-6-9-14(18)19)13-7-4-3-5-8-13/h3-5,7-8,12H,6,9-11H2,1-2H3,(H,16,20)(H,18,19). The molecular weight excluding hydrogens is 272 g/mol. The van der Waals surface area contributed by atoms with Crippen LogP contribution in [0.4, 0.5) is 10.5 Å². The molecule has 0 saturated heterocycles. The molecule has 1 unspecified atom stereocenters. The van der Waals surface area contributed by atoms with Crippen molar-refractivity contribution in [1.29, 1.82) is 0 Å². The van der Waals surface area contributed by atoms with E-state index in [0.29, 0.717) is 19.6 Å². The third-order valence-corrected chi connectivity index (χ3v) is 2.87. The maximum absolute atomic E-state index is 12.3. The Morgan fingerprint density at radius 1 is 1.33 bits per heavy atom. The molecule has 0 fully saturated rings. The molecule has 0 aliphatic carbocycles. The van der Waals surface area contributed by atoms with E-state index in [4.69, 9.17) is 9.84 Å². The van der Waals surface area contributed by atoms with Gasteiger partial charge in [-0.3, -0.25) is 9.69 Å². The first kappa shape index (κ1) is 17.0. The zero-order valence-electron chi connectivity index (χ0n) is 12.4. The van der Waals surface area contributed by atoms with Crippen molar-refractivity contribution in [1.82, 2.24) is 5.32 Å². The van der Waals surface area contributed by atoms with Gasteiger partial charge >= 0.3 is 12.0 Å². The van der Waals surface area contributed by atoms with Crippen LogP contribution >= 0.6 is 0 Å². The van der Waals surface area contributed by atoms with Gasteiger partial charge in [-0.1, -0.05) is 18.2 Å². The number of carboxylic acids is 1. The number of hydrogen-bond acceptors (Lipinski definition) is 3. The van der Waals surface area contributed by atoms with Crippen molar-refractivity contribution in [2.24, 2.45) is 0 Å². The minimum absolute atomic E-state index is 0.0320. The summed E-state index contributed by atoms with van der Waals surface area (Å²) >= 11 is 0. The number of urea groups is 1. The average Bonchev–Trinajstić information content (AvgIpc) is 2.44. The number of methoxy groups -OCH3 is 1. The quantitative estimate of drug-likeness (QED) is 0.769. The highest BCUT2D eigenvalue weighted by Crippen LogP contribution is 2.14. The predicted molar refractivity (Wildman–Crippen MR) is 80.5 cm³/mol. The number of nitrogens with one attached hydrogen (secondary N) is 1. The molecule has 2 amide bonds. The molecule has 1 rings (SSSR count). The number of para-hydroxylation sites is 1. The van der Waals surface area contributed by atoms with Gasteiger partial charge in [0.1, 0.15) is 0 Å². The lowest BCUT2D eigenvalue weighted by Gasteiger charge is -2.25. The second-order valence-electron chi connectivity index (χ2n) is 4.79. The number of ether oxygens (including phenoxy) is 1. The number of carbonyl (C=O) groups is 2. The largest absolute Gasteiger partial charge is 0.481 e. The molecule has 1 aromatic carbocycles. The van der Waals surface area contributed by atoms with Gasteiger partial charge in [0.05, 0.1) is 12.6 Å². The van der Waals surface area contributed by atoms with Crippen LogP contribution in [0, 0.1) is 0 Å². The number of benzene rings is 1. The lowest BCUT2D eigenvalue weighted by molar-refractivity contribution is -0.137. The molecule has 6 heteroatoms. The van der Waals surface area contributed by atoms with Crippen LogP contribution in [0.2, 0.25) is 0 Å². The number of aliphatic carboxylic acids is 1. The topological polar surface area (TPSA) is 78.9 Å². The van der Waals surface area contributed by atoms with E-state index < -0.39 is 5.97 Å². The number of nitrogens with zero attached hydrogens (tertiary/aromatic N) is 1. The van der Waals surface area contributed by atoms with Gasteiger partial charge in [-0.15, -0.1) is 0 Å². The molecule has 0 aliphatic rings. The van der Waals surface area contributed by atoms with Crippen molar-refractivity contribution in [2.75, 3.05) is 25.2 Å². The minimum atomic E-state index is -0.865. The summed E-state index contributed by atoms with van der Waals surface area (Å²) in [6.45, 7) is 2.62. The molecule has 0 saturated carbocycles. The Morgan fingerprint density at radius 2 is 2.00 bits per heavy atom. The van der Waals surface area contributed by atoms with Crippen LogP contribution in [-0.2, 0) is 9.53 Å². The fourth-order valence-electron chi connectivity index (χ4n) is 1.92. The second-order valence-corrected chi connectivity index (χ2v) is 4.79. The lowest BCUT2D eigenvalue weighted by atomic mass is 10.2. The number of carboxylic acid groups (broad SMARTS) is 1. The van der Waals surface area contributed by atoms with Crippen molar-refractivity contribution in [3.63, 3.8) is 0 Å². The Kier molecular flexibility index (Phi) is 7.25. The van der Waals surface area contributed by atoms with Crippen LogP contribution in [-0.4, -0.2) is 43.4 Å². The molecule has 0 heterocycles. The summed E-state index contributed by atoms with van der Waals surface area (Å²) in [7, 11) is 1.57. The van der Waals surface area contributed by atoms with Gasteiger partial charge in [0.2, 0.25) is 0 Å². The smallest absolute Gasteiger partial charge is 0.322 e. The van der Waals surface area contributed by atoms with E-state index in [9.17, 15) is 9.59 Å². The van der Waals surface area contributed by atoms with E-state index in [1.165, 1.54) is 0 Å². The van der Waals surface area contributed by atoms with Crippen LogP contribution in [0.15, 0.2) is 30.3 Å². The van der Waals surface area contributed by atoms with E-state index in [0.717, 1.165) is 5.69 Å². The average molecular weight is 294 g/mol. The van der Waals surface area contributed by atoms with Gasteiger partial charge in [0, 0.05) is 25.8 Å². The number of anilines is 1. The highest BCUT2D eigenvalue weighted by atomic mass is 16.5. The molecule has 21 heavy (non-hydrogen) atoms. The zero-order valence-corrected chi connectivity index (χ0v) is 12.4. The molecule has 0 bridgehead atoms. The van der Waals surface area contributed by atoms with Crippen molar-refractivity contribution in [2.45, 2.75) is 25.8 Å². The van der Waals surface area contributed by atoms with E-state index >= 15 is 0 Å². The predicted octanol–water partition coefficient (Wildman–Crippen LogP) is 2.10. The molecule has 2 N–H and O–H groups in total.